The number of hydrogen-bond acceptors (Lipinski definition) is 7. The number of thioether (sulfide) groups is 1. The molecule has 0 radical (unpaired) electrons. The molecule has 2 aromatic rings. The van der Waals surface area contributed by atoms with Gasteiger partial charge in [0.1, 0.15) is 0 Å². The van der Waals surface area contributed by atoms with Crippen LogP contribution in [0.2, 0.25) is 0 Å². The number of thiazole rings is 1. The van der Waals surface area contributed by atoms with E-state index in [2.05, 4.69) is 4.98 Å². The summed E-state index contributed by atoms with van der Waals surface area (Å²) in [4.78, 5) is 29.1. The van der Waals surface area contributed by atoms with Crippen LogP contribution in [0.15, 0.2) is 28.6 Å². The molecule has 0 spiro atoms. The third-order valence-electron chi connectivity index (χ3n) is 2.93. The van der Waals surface area contributed by atoms with E-state index in [9.17, 15) is 9.59 Å². The number of carbonyl (C=O) groups excluding carboxylic acids is 2. The van der Waals surface area contributed by atoms with E-state index in [1.54, 1.807) is 7.05 Å². The van der Waals surface area contributed by atoms with Crippen LogP contribution in [0.4, 0.5) is 0 Å². The highest BCUT2D eigenvalue weighted by molar-refractivity contribution is 8.01. The summed E-state index contributed by atoms with van der Waals surface area (Å²) in [7, 11) is 1.57. The van der Waals surface area contributed by atoms with Crippen molar-refractivity contribution in [2.75, 3.05) is 26.0 Å². The second kappa shape index (κ2) is 8.50. The van der Waals surface area contributed by atoms with Crippen LogP contribution in [0, 0.1) is 11.3 Å². The van der Waals surface area contributed by atoms with Gasteiger partial charge in [-0.1, -0.05) is 23.9 Å². The quantitative estimate of drug-likeness (QED) is 0.563. The predicted octanol–water partition coefficient (Wildman–Crippen LogP) is 2.30. The van der Waals surface area contributed by atoms with Gasteiger partial charge in [0.2, 0.25) is 0 Å². The summed E-state index contributed by atoms with van der Waals surface area (Å²) in [6, 6.07) is 9.71. The lowest BCUT2D eigenvalue weighted by atomic mass is 10.3. The second-order valence-electron chi connectivity index (χ2n) is 4.62. The summed E-state index contributed by atoms with van der Waals surface area (Å²) in [6.07, 6.45) is 0.254. The van der Waals surface area contributed by atoms with Gasteiger partial charge >= 0.3 is 5.97 Å². The van der Waals surface area contributed by atoms with Crippen molar-refractivity contribution in [3.63, 3.8) is 0 Å². The van der Waals surface area contributed by atoms with Crippen LogP contribution in [-0.2, 0) is 14.3 Å². The van der Waals surface area contributed by atoms with E-state index < -0.39 is 5.97 Å². The van der Waals surface area contributed by atoms with Gasteiger partial charge in [-0.05, 0) is 12.1 Å². The Morgan fingerprint density at radius 3 is 2.96 bits per heavy atom. The smallest absolute Gasteiger partial charge is 0.316 e. The van der Waals surface area contributed by atoms with Crippen molar-refractivity contribution in [1.29, 1.82) is 5.26 Å². The Morgan fingerprint density at radius 2 is 2.22 bits per heavy atom. The molecule has 0 aliphatic heterocycles. The van der Waals surface area contributed by atoms with Crippen molar-refractivity contribution in [2.45, 2.75) is 10.8 Å². The molecule has 0 unspecified atom stereocenters. The SMILES string of the molecule is CN(CCC#N)C(=O)COC(=O)CSc1nc2ccccc2s1. The lowest BCUT2D eigenvalue weighted by Crippen LogP contribution is -2.32. The van der Waals surface area contributed by atoms with E-state index in [1.165, 1.54) is 28.0 Å². The number of hydrogen-bond donors (Lipinski definition) is 0. The van der Waals surface area contributed by atoms with Gasteiger partial charge in [-0.15, -0.1) is 11.3 Å². The van der Waals surface area contributed by atoms with E-state index in [1.807, 2.05) is 30.3 Å². The van der Waals surface area contributed by atoms with Gasteiger partial charge < -0.3 is 9.64 Å². The topological polar surface area (TPSA) is 83.3 Å². The molecular weight excluding hydrogens is 334 g/mol. The summed E-state index contributed by atoms with van der Waals surface area (Å²) in [5.74, 6) is -0.676. The summed E-state index contributed by atoms with van der Waals surface area (Å²) < 4.78 is 6.80. The van der Waals surface area contributed by atoms with Crippen LogP contribution in [-0.4, -0.2) is 47.7 Å². The molecule has 0 aliphatic carbocycles. The first kappa shape index (κ1) is 17.2. The summed E-state index contributed by atoms with van der Waals surface area (Å²) in [5.41, 5.74) is 0.905. The monoisotopic (exact) mass is 349 g/mol. The Bertz CT molecular complexity index is 706. The average molecular weight is 349 g/mol. The Kier molecular flexibility index (Phi) is 6.38. The Balaban J connectivity index is 1.74. The molecule has 0 N–H and O–H groups in total. The first-order valence-electron chi connectivity index (χ1n) is 6.85. The number of benzene rings is 1. The Hall–Kier alpha value is -2.11. The Labute approximate surface area is 142 Å². The van der Waals surface area contributed by atoms with Crippen LogP contribution in [0.25, 0.3) is 10.2 Å². The molecule has 0 aliphatic rings. The van der Waals surface area contributed by atoms with Crippen molar-refractivity contribution in [3.05, 3.63) is 24.3 Å². The highest BCUT2D eigenvalue weighted by Gasteiger charge is 2.13. The molecule has 1 aromatic carbocycles. The molecule has 0 bridgehead atoms. The molecule has 8 heteroatoms. The van der Waals surface area contributed by atoms with E-state index in [0.29, 0.717) is 6.54 Å². The van der Waals surface area contributed by atoms with E-state index in [-0.39, 0.29) is 24.7 Å². The number of esters is 1. The number of aromatic nitrogens is 1. The maximum Gasteiger partial charge on any atom is 0.316 e. The van der Waals surface area contributed by atoms with Crippen molar-refractivity contribution in [1.82, 2.24) is 9.88 Å². The minimum absolute atomic E-state index is 0.106. The predicted molar refractivity (Wildman–Crippen MR) is 89.2 cm³/mol. The lowest BCUT2D eigenvalue weighted by molar-refractivity contribution is -0.149. The Morgan fingerprint density at radius 1 is 1.43 bits per heavy atom. The number of amides is 1. The highest BCUT2D eigenvalue weighted by atomic mass is 32.2. The number of carbonyl (C=O) groups is 2. The highest BCUT2D eigenvalue weighted by Crippen LogP contribution is 2.29. The normalized spacial score (nSPS) is 10.3. The van der Waals surface area contributed by atoms with Gasteiger partial charge in [-0.3, -0.25) is 9.59 Å². The fourth-order valence-electron chi connectivity index (χ4n) is 1.67. The van der Waals surface area contributed by atoms with Crippen LogP contribution in [0.1, 0.15) is 6.42 Å². The number of nitrogens with zero attached hydrogens (tertiary/aromatic N) is 3. The minimum Gasteiger partial charge on any atom is -0.455 e. The van der Waals surface area contributed by atoms with Crippen molar-refractivity contribution < 1.29 is 14.3 Å². The molecule has 1 amide bonds. The third-order valence-corrected chi connectivity index (χ3v) is 5.08. The summed E-state index contributed by atoms with van der Waals surface area (Å²) >= 11 is 2.81. The molecule has 6 nitrogen and oxygen atoms in total. The zero-order valence-corrected chi connectivity index (χ0v) is 14.2. The lowest BCUT2D eigenvalue weighted by Gasteiger charge is -2.14. The van der Waals surface area contributed by atoms with Gasteiger partial charge in [0.05, 0.1) is 28.5 Å². The van der Waals surface area contributed by atoms with Crippen LogP contribution in [0.3, 0.4) is 0 Å². The van der Waals surface area contributed by atoms with Gasteiger partial charge in [0.15, 0.2) is 10.9 Å². The van der Waals surface area contributed by atoms with Crippen molar-refractivity contribution in [3.8, 4) is 6.07 Å². The first-order valence-corrected chi connectivity index (χ1v) is 8.65. The van der Waals surface area contributed by atoms with Gasteiger partial charge in [-0.2, -0.15) is 5.26 Å². The standard InChI is InChI=1S/C15H15N3O3S2/c1-18(8-4-7-16)13(19)9-21-14(20)10-22-15-17-11-5-2-3-6-12(11)23-15/h2-3,5-6H,4,8-10H2,1H3. The summed E-state index contributed by atoms with van der Waals surface area (Å²) in [5, 5.41) is 8.46. The maximum atomic E-state index is 11.7. The van der Waals surface area contributed by atoms with Crippen LogP contribution < -0.4 is 0 Å². The molecule has 0 fully saturated rings. The second-order valence-corrected chi connectivity index (χ2v) is 6.87. The van der Waals surface area contributed by atoms with E-state index in [0.717, 1.165) is 14.6 Å². The zero-order valence-electron chi connectivity index (χ0n) is 12.5. The number of rotatable bonds is 7. The van der Waals surface area contributed by atoms with Crippen LogP contribution in [0.5, 0.6) is 0 Å². The number of fused-ring (bicyclic) bond motifs is 1. The largest absolute Gasteiger partial charge is 0.455 e. The molecule has 0 atom stereocenters. The number of nitriles is 1. The van der Waals surface area contributed by atoms with E-state index >= 15 is 0 Å². The van der Waals surface area contributed by atoms with E-state index in [4.69, 9.17) is 10.00 Å². The molecule has 0 saturated carbocycles. The molecule has 2 rings (SSSR count). The fraction of sp³-hybridized carbons (Fsp3) is 0.333. The third kappa shape index (κ3) is 5.23. The van der Waals surface area contributed by atoms with Crippen molar-refractivity contribution in [2.24, 2.45) is 0 Å². The van der Waals surface area contributed by atoms with Crippen molar-refractivity contribution >= 4 is 45.2 Å². The molecule has 0 saturated heterocycles. The molecular formula is C15H15N3O3S2. The maximum absolute atomic E-state index is 11.7. The van der Waals surface area contributed by atoms with Gasteiger partial charge in [0.25, 0.3) is 5.91 Å². The zero-order chi connectivity index (χ0) is 16.7. The van der Waals surface area contributed by atoms with Gasteiger partial charge in [-0.25, -0.2) is 4.98 Å². The summed E-state index contributed by atoms with van der Waals surface area (Å²) in [6.45, 7) is 0.0223. The molecule has 1 aromatic heterocycles. The fourth-order valence-corrected chi connectivity index (χ4v) is 3.54. The van der Waals surface area contributed by atoms with Crippen LogP contribution >= 0.6 is 23.1 Å². The average Bonchev–Trinajstić information content (AvgIpc) is 2.98. The number of likely N-dealkylation sites (N-methyl/N-ethyl adjacent to an activating group) is 1. The number of para-hydroxylation sites is 1. The minimum atomic E-state index is -0.462. The van der Waals surface area contributed by atoms with Gasteiger partial charge in [0, 0.05) is 13.6 Å². The number of ether oxygens (including phenoxy) is 1. The molecule has 23 heavy (non-hydrogen) atoms. The molecule has 1 heterocycles. The first-order chi connectivity index (χ1) is 11.1. The molecule has 120 valence electrons.